The van der Waals surface area contributed by atoms with Gasteiger partial charge in [0.15, 0.2) is 0 Å². The second-order valence-corrected chi connectivity index (χ2v) is 5.49. The molecule has 106 valence electrons. The molecular weight excluding hydrogens is 319 g/mol. The minimum atomic E-state index is -0.227. The summed E-state index contributed by atoms with van der Waals surface area (Å²) in [5, 5.41) is 0. The van der Waals surface area contributed by atoms with Crippen molar-refractivity contribution in [3.05, 3.63) is 69.9 Å². The highest BCUT2D eigenvalue weighted by molar-refractivity contribution is 9.10. The molecule has 0 amide bonds. The van der Waals surface area contributed by atoms with E-state index in [0.717, 1.165) is 18.7 Å². The largest absolute Gasteiger partial charge is 0.329 e. The Kier molecular flexibility index (Phi) is 5.71. The van der Waals surface area contributed by atoms with Crippen LogP contribution in [-0.4, -0.2) is 18.0 Å². The van der Waals surface area contributed by atoms with E-state index in [2.05, 4.69) is 33.0 Å². The molecule has 0 aliphatic carbocycles. The molecule has 0 fully saturated rings. The maximum Gasteiger partial charge on any atom is 0.137 e. The van der Waals surface area contributed by atoms with E-state index < -0.39 is 0 Å². The lowest BCUT2D eigenvalue weighted by Crippen LogP contribution is -2.28. The summed E-state index contributed by atoms with van der Waals surface area (Å²) < 4.78 is 14.1. The van der Waals surface area contributed by atoms with Gasteiger partial charge in [-0.05, 0) is 33.1 Å². The highest BCUT2D eigenvalue weighted by Crippen LogP contribution is 2.22. The van der Waals surface area contributed by atoms with Crippen molar-refractivity contribution in [2.75, 3.05) is 13.1 Å². The van der Waals surface area contributed by atoms with E-state index in [1.54, 1.807) is 6.07 Å². The second-order valence-electron chi connectivity index (χ2n) is 4.70. The maximum atomic E-state index is 13.6. The van der Waals surface area contributed by atoms with Crippen molar-refractivity contribution < 1.29 is 4.39 Å². The Morgan fingerprint density at radius 3 is 2.45 bits per heavy atom. The van der Waals surface area contributed by atoms with Gasteiger partial charge in [-0.2, -0.15) is 0 Å². The van der Waals surface area contributed by atoms with E-state index in [1.807, 2.05) is 24.3 Å². The van der Waals surface area contributed by atoms with Gasteiger partial charge >= 0.3 is 0 Å². The van der Waals surface area contributed by atoms with Crippen LogP contribution in [0.3, 0.4) is 0 Å². The number of rotatable bonds is 6. The quantitative estimate of drug-likeness (QED) is 0.874. The normalized spacial score (nSPS) is 11.0. The molecule has 0 saturated carbocycles. The second kappa shape index (κ2) is 7.53. The van der Waals surface area contributed by atoms with E-state index in [9.17, 15) is 4.39 Å². The molecule has 2 aromatic rings. The third kappa shape index (κ3) is 4.13. The lowest BCUT2D eigenvalue weighted by Gasteiger charge is -2.22. The standard InChI is InChI=1S/C16H18BrFN2/c17-16-14(7-4-8-15(16)18)12-20(10-9-19)11-13-5-2-1-3-6-13/h1-8H,9-12,19H2. The summed E-state index contributed by atoms with van der Waals surface area (Å²) in [6.45, 7) is 2.84. The number of benzene rings is 2. The maximum absolute atomic E-state index is 13.6. The predicted molar refractivity (Wildman–Crippen MR) is 83.7 cm³/mol. The average molecular weight is 337 g/mol. The minimum absolute atomic E-state index is 0.227. The molecule has 0 aliphatic heterocycles. The van der Waals surface area contributed by atoms with Gasteiger partial charge in [0.05, 0.1) is 4.47 Å². The van der Waals surface area contributed by atoms with Crippen LogP contribution in [0, 0.1) is 5.82 Å². The first kappa shape index (κ1) is 15.2. The fourth-order valence-electron chi connectivity index (χ4n) is 2.15. The van der Waals surface area contributed by atoms with Gasteiger partial charge in [-0.3, -0.25) is 4.90 Å². The fraction of sp³-hybridized carbons (Fsp3) is 0.250. The summed E-state index contributed by atoms with van der Waals surface area (Å²) in [5.41, 5.74) is 7.85. The number of hydrogen-bond acceptors (Lipinski definition) is 2. The lowest BCUT2D eigenvalue weighted by atomic mass is 10.1. The first-order valence-corrected chi connectivity index (χ1v) is 7.39. The molecule has 0 spiro atoms. The van der Waals surface area contributed by atoms with Crippen molar-refractivity contribution in [2.45, 2.75) is 13.1 Å². The van der Waals surface area contributed by atoms with Crippen LogP contribution >= 0.6 is 15.9 Å². The van der Waals surface area contributed by atoms with Crippen molar-refractivity contribution in [1.29, 1.82) is 0 Å². The fourth-order valence-corrected chi connectivity index (χ4v) is 2.54. The van der Waals surface area contributed by atoms with Gasteiger partial charge in [0.2, 0.25) is 0 Å². The van der Waals surface area contributed by atoms with Crippen molar-refractivity contribution in [3.8, 4) is 0 Å². The molecule has 2 rings (SSSR count). The first-order chi connectivity index (χ1) is 9.70. The van der Waals surface area contributed by atoms with Crippen LogP contribution in [0.5, 0.6) is 0 Å². The molecule has 2 aromatic carbocycles. The topological polar surface area (TPSA) is 29.3 Å². The summed E-state index contributed by atoms with van der Waals surface area (Å²) >= 11 is 3.31. The molecule has 0 atom stereocenters. The number of nitrogens with two attached hydrogens (primary N) is 1. The Morgan fingerprint density at radius 2 is 1.75 bits per heavy atom. The van der Waals surface area contributed by atoms with Crippen molar-refractivity contribution in [2.24, 2.45) is 5.73 Å². The molecular formula is C16H18BrFN2. The molecule has 20 heavy (non-hydrogen) atoms. The van der Waals surface area contributed by atoms with Gasteiger partial charge in [-0.25, -0.2) is 4.39 Å². The van der Waals surface area contributed by atoms with Crippen LogP contribution in [0.1, 0.15) is 11.1 Å². The summed E-state index contributed by atoms with van der Waals surface area (Å²) in [6.07, 6.45) is 0. The third-order valence-corrected chi connectivity index (χ3v) is 4.01. The van der Waals surface area contributed by atoms with Gasteiger partial charge in [0, 0.05) is 26.2 Å². The Balaban J connectivity index is 2.11. The van der Waals surface area contributed by atoms with Crippen LogP contribution in [0.25, 0.3) is 0 Å². The molecule has 0 heterocycles. The number of halogens is 2. The van der Waals surface area contributed by atoms with Crippen molar-refractivity contribution in [3.63, 3.8) is 0 Å². The Labute approximate surface area is 127 Å². The summed E-state index contributed by atoms with van der Waals surface area (Å²) in [4.78, 5) is 2.22. The van der Waals surface area contributed by atoms with E-state index >= 15 is 0 Å². The molecule has 0 bridgehead atoms. The number of hydrogen-bond donors (Lipinski definition) is 1. The first-order valence-electron chi connectivity index (χ1n) is 6.60. The highest BCUT2D eigenvalue weighted by Gasteiger charge is 2.10. The zero-order valence-electron chi connectivity index (χ0n) is 11.2. The highest BCUT2D eigenvalue weighted by atomic mass is 79.9. The average Bonchev–Trinajstić information content (AvgIpc) is 2.45. The molecule has 0 radical (unpaired) electrons. The minimum Gasteiger partial charge on any atom is -0.329 e. The zero-order chi connectivity index (χ0) is 14.4. The summed E-state index contributed by atoms with van der Waals surface area (Å²) in [6, 6.07) is 15.3. The number of nitrogens with zero attached hydrogens (tertiary/aromatic N) is 1. The predicted octanol–water partition coefficient (Wildman–Crippen LogP) is 3.55. The SMILES string of the molecule is NCCN(Cc1ccccc1)Cc1cccc(F)c1Br. The molecule has 4 heteroatoms. The molecule has 0 saturated heterocycles. The van der Waals surface area contributed by atoms with Crippen LogP contribution in [-0.2, 0) is 13.1 Å². The van der Waals surface area contributed by atoms with Crippen LogP contribution in [0.2, 0.25) is 0 Å². The van der Waals surface area contributed by atoms with Gasteiger partial charge in [-0.1, -0.05) is 42.5 Å². The van der Waals surface area contributed by atoms with Gasteiger partial charge < -0.3 is 5.73 Å². The van der Waals surface area contributed by atoms with Crippen LogP contribution in [0.15, 0.2) is 53.0 Å². The van der Waals surface area contributed by atoms with E-state index in [0.29, 0.717) is 17.6 Å². The van der Waals surface area contributed by atoms with Crippen molar-refractivity contribution in [1.82, 2.24) is 4.90 Å². The molecule has 0 aliphatic rings. The Morgan fingerprint density at radius 1 is 1.00 bits per heavy atom. The van der Waals surface area contributed by atoms with Crippen LogP contribution in [0.4, 0.5) is 4.39 Å². The smallest absolute Gasteiger partial charge is 0.137 e. The van der Waals surface area contributed by atoms with Gasteiger partial charge in [0.25, 0.3) is 0 Å². The summed E-state index contributed by atoms with van der Waals surface area (Å²) in [7, 11) is 0. The van der Waals surface area contributed by atoms with E-state index in [-0.39, 0.29) is 5.82 Å². The molecule has 0 unspecified atom stereocenters. The van der Waals surface area contributed by atoms with Gasteiger partial charge in [-0.15, -0.1) is 0 Å². The van der Waals surface area contributed by atoms with Crippen molar-refractivity contribution >= 4 is 15.9 Å². The van der Waals surface area contributed by atoms with E-state index in [4.69, 9.17) is 5.73 Å². The summed E-state index contributed by atoms with van der Waals surface area (Å²) in [5.74, 6) is -0.227. The lowest BCUT2D eigenvalue weighted by molar-refractivity contribution is 0.263. The Hall–Kier alpha value is -1.23. The third-order valence-electron chi connectivity index (χ3n) is 3.12. The Bertz CT molecular complexity index is 545. The van der Waals surface area contributed by atoms with E-state index in [1.165, 1.54) is 11.6 Å². The molecule has 2 N–H and O–H groups in total. The monoisotopic (exact) mass is 336 g/mol. The zero-order valence-corrected chi connectivity index (χ0v) is 12.8. The molecule has 2 nitrogen and oxygen atoms in total. The van der Waals surface area contributed by atoms with Crippen LogP contribution < -0.4 is 5.73 Å². The van der Waals surface area contributed by atoms with Gasteiger partial charge in [0.1, 0.15) is 5.82 Å². The molecule has 0 aromatic heterocycles.